The summed E-state index contributed by atoms with van der Waals surface area (Å²) >= 11 is 0. The van der Waals surface area contributed by atoms with Crippen molar-refractivity contribution in [2.24, 2.45) is 5.73 Å². The molecule has 0 aliphatic carbocycles. The fraction of sp³-hybridized carbons (Fsp3) is 0.400. The van der Waals surface area contributed by atoms with Gasteiger partial charge in [-0.1, -0.05) is 0 Å². The van der Waals surface area contributed by atoms with Crippen molar-refractivity contribution in [2.75, 3.05) is 33.6 Å². The molecule has 0 unspecified atom stereocenters. The maximum absolute atomic E-state index is 5.08. The first kappa shape index (κ1) is 12.6. The third-order valence-corrected chi connectivity index (χ3v) is 1.64. The van der Waals surface area contributed by atoms with Gasteiger partial charge in [-0.15, -0.1) is 0 Å². The van der Waals surface area contributed by atoms with E-state index >= 15 is 0 Å². The van der Waals surface area contributed by atoms with Crippen molar-refractivity contribution in [3.63, 3.8) is 0 Å². The van der Waals surface area contributed by atoms with Crippen molar-refractivity contribution < 1.29 is 9.47 Å². The minimum atomic E-state index is 0.790. The normalized spacial score (nSPS) is 8.36. The smallest absolute Gasteiger partial charge is 0.124 e. The first-order chi connectivity index (χ1) is 6.80. The second kappa shape index (κ2) is 7.03. The molecule has 1 aromatic rings. The molecule has 0 aliphatic heterocycles. The van der Waals surface area contributed by atoms with E-state index in [1.165, 1.54) is 7.05 Å². The molecule has 14 heavy (non-hydrogen) atoms. The third kappa shape index (κ3) is 3.53. The zero-order valence-electron chi connectivity index (χ0n) is 9.13. The molecule has 0 heterocycles. The number of rotatable bonds is 3. The molecule has 0 spiro atoms. The lowest BCUT2D eigenvalue weighted by Crippen LogP contribution is -1.92. The number of nitrogens with two attached hydrogens (primary N) is 1. The van der Waals surface area contributed by atoms with Gasteiger partial charge < -0.3 is 20.5 Å². The number of benzene rings is 1. The van der Waals surface area contributed by atoms with Crippen LogP contribution in [0.5, 0.6) is 11.5 Å². The molecule has 0 fully saturated rings. The Bertz CT molecular complexity index is 209. The molecule has 0 saturated carbocycles. The predicted molar refractivity (Wildman–Crippen MR) is 59.2 cm³/mol. The average Bonchev–Trinajstić information content (AvgIpc) is 2.30. The van der Waals surface area contributed by atoms with E-state index in [0.29, 0.717) is 0 Å². The zero-order chi connectivity index (χ0) is 11.0. The SMILES string of the molecule is CN.CNc1cc(OC)cc(OC)c1. The number of anilines is 1. The summed E-state index contributed by atoms with van der Waals surface area (Å²) in [5.41, 5.74) is 5.48. The Morgan fingerprint density at radius 2 is 1.43 bits per heavy atom. The number of nitrogens with one attached hydrogen (secondary N) is 1. The van der Waals surface area contributed by atoms with Gasteiger partial charge in [0, 0.05) is 30.9 Å². The highest BCUT2D eigenvalue weighted by Crippen LogP contribution is 2.24. The van der Waals surface area contributed by atoms with Gasteiger partial charge in [-0.3, -0.25) is 0 Å². The van der Waals surface area contributed by atoms with E-state index in [9.17, 15) is 0 Å². The predicted octanol–water partition coefficient (Wildman–Crippen LogP) is 1.32. The zero-order valence-corrected chi connectivity index (χ0v) is 9.13. The van der Waals surface area contributed by atoms with Gasteiger partial charge in [0.15, 0.2) is 0 Å². The van der Waals surface area contributed by atoms with Crippen molar-refractivity contribution in [3.8, 4) is 11.5 Å². The lowest BCUT2D eigenvalue weighted by Gasteiger charge is -2.07. The molecule has 0 amide bonds. The highest BCUT2D eigenvalue weighted by molar-refractivity contribution is 5.53. The standard InChI is InChI=1S/C9H13NO2.CH5N/c1-10-7-4-8(11-2)6-9(5-7)12-3;1-2/h4-6,10H,1-3H3;2H2,1H3. The molecular formula is C10H18N2O2. The summed E-state index contributed by atoms with van der Waals surface area (Å²) in [5, 5.41) is 3.02. The molecule has 0 radical (unpaired) electrons. The van der Waals surface area contributed by atoms with Crippen molar-refractivity contribution in [2.45, 2.75) is 0 Å². The van der Waals surface area contributed by atoms with Crippen LogP contribution in [0.4, 0.5) is 5.69 Å². The van der Waals surface area contributed by atoms with Crippen LogP contribution in [-0.4, -0.2) is 28.3 Å². The van der Waals surface area contributed by atoms with E-state index in [2.05, 4.69) is 11.1 Å². The van der Waals surface area contributed by atoms with Crippen LogP contribution in [0.1, 0.15) is 0 Å². The van der Waals surface area contributed by atoms with Crippen LogP contribution in [-0.2, 0) is 0 Å². The Labute approximate surface area is 85.0 Å². The molecule has 0 saturated heterocycles. The fourth-order valence-electron chi connectivity index (χ4n) is 0.952. The molecule has 0 aromatic heterocycles. The topological polar surface area (TPSA) is 56.5 Å². The lowest BCUT2D eigenvalue weighted by molar-refractivity contribution is 0.395. The lowest BCUT2D eigenvalue weighted by atomic mass is 10.3. The summed E-state index contributed by atoms with van der Waals surface area (Å²) in [4.78, 5) is 0. The number of methoxy groups -OCH3 is 2. The Balaban J connectivity index is 0.000000791. The Morgan fingerprint density at radius 1 is 1.00 bits per heavy atom. The van der Waals surface area contributed by atoms with Gasteiger partial charge in [-0.05, 0) is 7.05 Å². The van der Waals surface area contributed by atoms with E-state index in [1.807, 2.05) is 25.2 Å². The van der Waals surface area contributed by atoms with Crippen LogP contribution in [0.3, 0.4) is 0 Å². The summed E-state index contributed by atoms with van der Waals surface area (Å²) in [6.45, 7) is 0. The van der Waals surface area contributed by atoms with Gasteiger partial charge in [0.2, 0.25) is 0 Å². The van der Waals surface area contributed by atoms with E-state index in [4.69, 9.17) is 9.47 Å². The maximum Gasteiger partial charge on any atom is 0.124 e. The Morgan fingerprint density at radius 3 is 1.71 bits per heavy atom. The fourth-order valence-corrected chi connectivity index (χ4v) is 0.952. The molecule has 4 nitrogen and oxygen atoms in total. The quantitative estimate of drug-likeness (QED) is 0.769. The van der Waals surface area contributed by atoms with Crippen molar-refractivity contribution in [1.29, 1.82) is 0 Å². The van der Waals surface area contributed by atoms with Gasteiger partial charge >= 0.3 is 0 Å². The van der Waals surface area contributed by atoms with Crippen LogP contribution in [0, 0.1) is 0 Å². The largest absolute Gasteiger partial charge is 0.497 e. The number of ether oxygens (including phenoxy) is 2. The van der Waals surface area contributed by atoms with E-state index in [1.54, 1.807) is 14.2 Å². The van der Waals surface area contributed by atoms with Crippen molar-refractivity contribution in [1.82, 2.24) is 0 Å². The van der Waals surface area contributed by atoms with Crippen LogP contribution >= 0.6 is 0 Å². The summed E-state index contributed by atoms with van der Waals surface area (Å²) in [7, 11) is 6.62. The Kier molecular flexibility index (Phi) is 6.32. The number of hydrogen-bond acceptors (Lipinski definition) is 4. The minimum Gasteiger partial charge on any atom is -0.497 e. The molecule has 0 atom stereocenters. The second-order valence-corrected chi connectivity index (χ2v) is 2.35. The molecule has 80 valence electrons. The summed E-state index contributed by atoms with van der Waals surface area (Å²) < 4.78 is 10.2. The molecule has 3 N–H and O–H groups in total. The highest BCUT2D eigenvalue weighted by atomic mass is 16.5. The molecule has 0 bridgehead atoms. The van der Waals surface area contributed by atoms with Gasteiger partial charge in [0.1, 0.15) is 11.5 Å². The first-order valence-electron chi connectivity index (χ1n) is 4.28. The van der Waals surface area contributed by atoms with E-state index < -0.39 is 0 Å². The molecule has 0 aliphatic rings. The molecule has 1 rings (SSSR count). The molecule has 1 aromatic carbocycles. The minimum absolute atomic E-state index is 0.790. The number of hydrogen-bond donors (Lipinski definition) is 2. The van der Waals surface area contributed by atoms with Gasteiger partial charge in [0.05, 0.1) is 14.2 Å². The third-order valence-electron chi connectivity index (χ3n) is 1.64. The van der Waals surface area contributed by atoms with Crippen LogP contribution < -0.4 is 20.5 Å². The monoisotopic (exact) mass is 198 g/mol. The van der Waals surface area contributed by atoms with Crippen LogP contribution in [0.2, 0.25) is 0 Å². The van der Waals surface area contributed by atoms with Crippen molar-refractivity contribution >= 4 is 5.69 Å². The summed E-state index contributed by atoms with van der Waals surface area (Å²) in [5.74, 6) is 1.58. The van der Waals surface area contributed by atoms with E-state index in [-0.39, 0.29) is 0 Å². The molecular weight excluding hydrogens is 180 g/mol. The van der Waals surface area contributed by atoms with Gasteiger partial charge in [0.25, 0.3) is 0 Å². The van der Waals surface area contributed by atoms with Gasteiger partial charge in [-0.25, -0.2) is 0 Å². The average molecular weight is 198 g/mol. The van der Waals surface area contributed by atoms with Crippen LogP contribution in [0.15, 0.2) is 18.2 Å². The van der Waals surface area contributed by atoms with Crippen LogP contribution in [0.25, 0.3) is 0 Å². The maximum atomic E-state index is 5.08. The first-order valence-corrected chi connectivity index (χ1v) is 4.28. The van der Waals surface area contributed by atoms with E-state index in [0.717, 1.165) is 17.2 Å². The second-order valence-electron chi connectivity index (χ2n) is 2.35. The highest BCUT2D eigenvalue weighted by Gasteiger charge is 1.98. The van der Waals surface area contributed by atoms with Crippen molar-refractivity contribution in [3.05, 3.63) is 18.2 Å². The van der Waals surface area contributed by atoms with Gasteiger partial charge in [-0.2, -0.15) is 0 Å². The Hall–Kier alpha value is -1.42. The summed E-state index contributed by atoms with van der Waals surface area (Å²) in [6.07, 6.45) is 0. The summed E-state index contributed by atoms with van der Waals surface area (Å²) in [6, 6.07) is 5.64. The molecule has 4 heteroatoms.